The van der Waals surface area contributed by atoms with Crippen LogP contribution in [-0.2, 0) is 11.2 Å². The molecule has 0 unspecified atom stereocenters. The Morgan fingerprint density at radius 3 is 2.62 bits per heavy atom. The molecule has 1 heterocycles. The summed E-state index contributed by atoms with van der Waals surface area (Å²) in [4.78, 5) is 15.7. The van der Waals surface area contributed by atoms with E-state index in [0.29, 0.717) is 12.2 Å². The van der Waals surface area contributed by atoms with Crippen LogP contribution in [0.2, 0.25) is 0 Å². The number of rotatable bonds is 6. The predicted octanol–water partition coefficient (Wildman–Crippen LogP) is 2.50. The molecular formula is C16H19N3O2. The van der Waals surface area contributed by atoms with Crippen molar-refractivity contribution < 1.29 is 9.53 Å². The van der Waals surface area contributed by atoms with E-state index < -0.39 is 0 Å². The smallest absolute Gasteiger partial charge is 0.339 e. The number of hydrogen-bond donors (Lipinski definition) is 2. The largest absolute Gasteiger partial charge is 0.462 e. The number of nitrogens with zero attached hydrogens (tertiary/aromatic N) is 1. The van der Waals surface area contributed by atoms with Crippen LogP contribution in [0.15, 0.2) is 42.6 Å². The van der Waals surface area contributed by atoms with Gasteiger partial charge in [-0.2, -0.15) is 0 Å². The van der Waals surface area contributed by atoms with Gasteiger partial charge in [0.05, 0.1) is 12.2 Å². The first kappa shape index (κ1) is 14.8. The number of esters is 1. The van der Waals surface area contributed by atoms with E-state index in [1.165, 1.54) is 11.8 Å². The fourth-order valence-corrected chi connectivity index (χ4v) is 1.85. The normalized spacial score (nSPS) is 10.1. The zero-order valence-corrected chi connectivity index (χ0v) is 12.0. The molecule has 2 aromatic rings. The molecule has 110 valence electrons. The summed E-state index contributed by atoms with van der Waals surface area (Å²) in [6.07, 6.45) is 2.39. The van der Waals surface area contributed by atoms with E-state index in [9.17, 15) is 4.79 Å². The van der Waals surface area contributed by atoms with Gasteiger partial charge in [0.2, 0.25) is 0 Å². The maximum Gasteiger partial charge on any atom is 0.339 e. The number of hydrogen-bond acceptors (Lipinski definition) is 5. The van der Waals surface area contributed by atoms with E-state index in [4.69, 9.17) is 10.5 Å². The second-order valence-corrected chi connectivity index (χ2v) is 4.57. The molecule has 0 fully saturated rings. The number of carbonyl (C=O) groups excluding carboxylic acids is 1. The number of benzene rings is 1. The zero-order valence-electron chi connectivity index (χ0n) is 12.0. The van der Waals surface area contributed by atoms with E-state index in [1.54, 1.807) is 19.1 Å². The number of anilines is 2. The van der Waals surface area contributed by atoms with E-state index in [0.717, 1.165) is 24.5 Å². The maximum atomic E-state index is 11.5. The molecule has 0 aliphatic rings. The highest BCUT2D eigenvalue weighted by Crippen LogP contribution is 2.08. The van der Waals surface area contributed by atoms with Crippen molar-refractivity contribution in [2.24, 2.45) is 0 Å². The van der Waals surface area contributed by atoms with Crippen LogP contribution in [0.4, 0.5) is 11.5 Å². The van der Waals surface area contributed by atoms with Crippen molar-refractivity contribution in [3.05, 3.63) is 53.7 Å². The molecule has 5 heteroatoms. The first-order valence-electron chi connectivity index (χ1n) is 6.90. The number of ether oxygens (including phenoxy) is 1. The van der Waals surface area contributed by atoms with E-state index in [1.807, 2.05) is 24.3 Å². The Bertz CT molecular complexity index is 579. The fourth-order valence-electron chi connectivity index (χ4n) is 1.85. The lowest BCUT2D eigenvalue weighted by Crippen LogP contribution is -2.08. The monoisotopic (exact) mass is 285 g/mol. The van der Waals surface area contributed by atoms with Crippen LogP contribution in [0.5, 0.6) is 0 Å². The number of nitrogen functional groups attached to an aromatic ring is 1. The van der Waals surface area contributed by atoms with Gasteiger partial charge >= 0.3 is 5.97 Å². The van der Waals surface area contributed by atoms with Gasteiger partial charge in [-0.1, -0.05) is 12.1 Å². The Morgan fingerprint density at radius 1 is 1.24 bits per heavy atom. The number of aromatic nitrogens is 1. The molecule has 0 radical (unpaired) electrons. The fraction of sp³-hybridized carbons (Fsp3) is 0.250. The second-order valence-electron chi connectivity index (χ2n) is 4.57. The summed E-state index contributed by atoms with van der Waals surface area (Å²) in [5.41, 5.74) is 8.08. The topological polar surface area (TPSA) is 77.2 Å². The van der Waals surface area contributed by atoms with Crippen molar-refractivity contribution in [3.8, 4) is 0 Å². The van der Waals surface area contributed by atoms with Crippen molar-refractivity contribution in [1.29, 1.82) is 0 Å². The third-order valence-electron chi connectivity index (χ3n) is 2.97. The number of carbonyl (C=O) groups is 1. The molecule has 0 amide bonds. The van der Waals surface area contributed by atoms with E-state index in [2.05, 4.69) is 10.3 Å². The third kappa shape index (κ3) is 4.49. The Morgan fingerprint density at radius 2 is 2.00 bits per heavy atom. The molecule has 0 aliphatic heterocycles. The van der Waals surface area contributed by atoms with E-state index >= 15 is 0 Å². The number of pyridine rings is 1. The first-order valence-corrected chi connectivity index (χ1v) is 6.90. The zero-order chi connectivity index (χ0) is 15.1. The molecule has 0 bridgehead atoms. The van der Waals surface area contributed by atoms with Gasteiger partial charge in [0, 0.05) is 18.4 Å². The van der Waals surface area contributed by atoms with Gasteiger partial charge in [0.25, 0.3) is 0 Å². The van der Waals surface area contributed by atoms with Gasteiger partial charge in [-0.15, -0.1) is 0 Å². The average Bonchev–Trinajstić information content (AvgIpc) is 2.50. The van der Waals surface area contributed by atoms with Crippen LogP contribution in [0, 0.1) is 0 Å². The highest BCUT2D eigenvalue weighted by Gasteiger charge is 2.06. The van der Waals surface area contributed by atoms with Crippen molar-refractivity contribution in [2.75, 3.05) is 24.2 Å². The summed E-state index contributed by atoms with van der Waals surface area (Å²) < 4.78 is 4.91. The van der Waals surface area contributed by atoms with Crippen LogP contribution in [0.1, 0.15) is 22.8 Å². The van der Waals surface area contributed by atoms with Gasteiger partial charge in [0.15, 0.2) is 0 Å². The van der Waals surface area contributed by atoms with Crippen LogP contribution < -0.4 is 11.1 Å². The highest BCUT2D eigenvalue weighted by molar-refractivity contribution is 5.89. The van der Waals surface area contributed by atoms with Crippen molar-refractivity contribution >= 4 is 17.5 Å². The summed E-state index contributed by atoms with van der Waals surface area (Å²) in [6.45, 7) is 2.90. The predicted molar refractivity (Wildman–Crippen MR) is 83.2 cm³/mol. The van der Waals surface area contributed by atoms with Crippen molar-refractivity contribution in [3.63, 3.8) is 0 Å². The van der Waals surface area contributed by atoms with Gasteiger partial charge in [-0.3, -0.25) is 0 Å². The minimum absolute atomic E-state index is 0.349. The molecular weight excluding hydrogens is 266 g/mol. The lowest BCUT2D eigenvalue weighted by Gasteiger charge is -2.07. The first-order chi connectivity index (χ1) is 10.2. The van der Waals surface area contributed by atoms with E-state index in [-0.39, 0.29) is 5.97 Å². The van der Waals surface area contributed by atoms with Crippen LogP contribution in [0.25, 0.3) is 0 Å². The minimum Gasteiger partial charge on any atom is -0.462 e. The van der Waals surface area contributed by atoms with Crippen molar-refractivity contribution in [2.45, 2.75) is 13.3 Å². The van der Waals surface area contributed by atoms with Gasteiger partial charge < -0.3 is 15.8 Å². The average molecular weight is 285 g/mol. The van der Waals surface area contributed by atoms with Gasteiger partial charge in [-0.05, 0) is 43.2 Å². The molecule has 5 nitrogen and oxygen atoms in total. The Balaban J connectivity index is 1.83. The Kier molecular flexibility index (Phi) is 5.15. The number of nitrogens with one attached hydrogen (secondary N) is 1. The van der Waals surface area contributed by atoms with Crippen molar-refractivity contribution in [1.82, 2.24) is 4.98 Å². The summed E-state index contributed by atoms with van der Waals surface area (Å²) in [6, 6.07) is 11.3. The van der Waals surface area contributed by atoms with Gasteiger partial charge in [0.1, 0.15) is 5.82 Å². The van der Waals surface area contributed by atoms with Gasteiger partial charge in [-0.25, -0.2) is 9.78 Å². The molecule has 0 aliphatic carbocycles. The third-order valence-corrected chi connectivity index (χ3v) is 2.97. The lowest BCUT2D eigenvalue weighted by atomic mass is 10.1. The Hall–Kier alpha value is -2.56. The van der Waals surface area contributed by atoms with Crippen LogP contribution >= 0.6 is 0 Å². The second kappa shape index (κ2) is 7.28. The lowest BCUT2D eigenvalue weighted by molar-refractivity contribution is 0.0526. The molecule has 0 atom stereocenters. The molecule has 3 N–H and O–H groups in total. The maximum absolute atomic E-state index is 11.5. The summed E-state index contributed by atoms with van der Waals surface area (Å²) in [5.74, 6) is 0.386. The Labute approximate surface area is 124 Å². The molecule has 0 saturated carbocycles. The molecule has 0 spiro atoms. The SMILES string of the molecule is CCOC(=O)c1ccc(NCCc2ccc(N)cc2)nc1. The quantitative estimate of drug-likeness (QED) is 0.630. The minimum atomic E-state index is -0.349. The van der Waals surface area contributed by atoms with Crippen LogP contribution in [-0.4, -0.2) is 24.1 Å². The highest BCUT2D eigenvalue weighted by atomic mass is 16.5. The summed E-state index contributed by atoms with van der Waals surface area (Å²) >= 11 is 0. The van der Waals surface area contributed by atoms with Crippen LogP contribution in [0.3, 0.4) is 0 Å². The molecule has 2 rings (SSSR count). The summed E-state index contributed by atoms with van der Waals surface area (Å²) in [7, 11) is 0. The standard InChI is InChI=1S/C16H19N3O2/c1-2-21-16(20)13-5-8-15(19-11-13)18-10-9-12-3-6-14(17)7-4-12/h3-8,11H,2,9-10,17H2,1H3,(H,18,19). The number of nitrogens with two attached hydrogens (primary N) is 1. The molecule has 21 heavy (non-hydrogen) atoms. The molecule has 1 aromatic carbocycles. The molecule has 0 saturated heterocycles. The summed E-state index contributed by atoms with van der Waals surface area (Å²) in [5, 5.41) is 3.21. The molecule has 1 aromatic heterocycles.